The lowest BCUT2D eigenvalue weighted by atomic mass is 10.0. The Morgan fingerprint density at radius 2 is 2.12 bits per heavy atom. The summed E-state index contributed by atoms with van der Waals surface area (Å²) < 4.78 is 10.9. The van der Waals surface area contributed by atoms with Crippen molar-refractivity contribution >= 4 is 6.09 Å². The molecule has 140 valence electrons. The fraction of sp³-hybridized carbons (Fsp3) is 0.650. The van der Waals surface area contributed by atoms with Crippen LogP contribution in [0, 0.1) is 0 Å². The Morgan fingerprint density at radius 3 is 2.80 bits per heavy atom. The summed E-state index contributed by atoms with van der Waals surface area (Å²) in [5.74, 6) is 0.860. The van der Waals surface area contributed by atoms with Gasteiger partial charge in [0.25, 0.3) is 0 Å². The lowest BCUT2D eigenvalue weighted by Gasteiger charge is -2.37. The Labute approximate surface area is 151 Å². The molecule has 0 aliphatic carbocycles. The second-order valence-electron chi connectivity index (χ2n) is 7.73. The second kappa shape index (κ2) is 8.56. The molecule has 5 nitrogen and oxygen atoms in total. The van der Waals surface area contributed by atoms with Gasteiger partial charge in [-0.15, -0.1) is 0 Å². The maximum absolute atomic E-state index is 12.5. The first-order valence-corrected chi connectivity index (χ1v) is 9.17. The summed E-state index contributed by atoms with van der Waals surface area (Å²) in [5.41, 5.74) is 0.722. The van der Waals surface area contributed by atoms with E-state index in [1.165, 1.54) is 5.56 Å². The molecule has 0 aromatic heterocycles. The highest BCUT2D eigenvalue weighted by Crippen LogP contribution is 2.22. The number of hydrogen-bond acceptors (Lipinski definition) is 4. The van der Waals surface area contributed by atoms with Gasteiger partial charge < -0.3 is 19.7 Å². The summed E-state index contributed by atoms with van der Waals surface area (Å²) in [7, 11) is 1.68. The average Bonchev–Trinajstić information content (AvgIpc) is 2.58. The molecule has 1 aliphatic heterocycles. The minimum atomic E-state index is -0.458. The number of amides is 1. The van der Waals surface area contributed by atoms with Gasteiger partial charge in [-0.1, -0.05) is 12.1 Å². The van der Waals surface area contributed by atoms with Gasteiger partial charge in [-0.3, -0.25) is 0 Å². The van der Waals surface area contributed by atoms with Gasteiger partial charge in [-0.25, -0.2) is 4.79 Å². The molecule has 1 aliphatic rings. The number of rotatable bonds is 5. The molecule has 0 radical (unpaired) electrons. The molecule has 1 saturated heterocycles. The number of piperidine rings is 1. The summed E-state index contributed by atoms with van der Waals surface area (Å²) in [6.07, 6.45) is 3.00. The van der Waals surface area contributed by atoms with Gasteiger partial charge in [0, 0.05) is 25.2 Å². The first-order chi connectivity index (χ1) is 11.8. The van der Waals surface area contributed by atoms with E-state index in [4.69, 9.17) is 9.47 Å². The van der Waals surface area contributed by atoms with Crippen LogP contribution in [0.15, 0.2) is 24.3 Å². The highest BCUT2D eigenvalue weighted by Gasteiger charge is 2.30. The molecule has 0 saturated carbocycles. The monoisotopic (exact) mass is 348 g/mol. The lowest BCUT2D eigenvalue weighted by molar-refractivity contribution is 0.00970. The van der Waals surface area contributed by atoms with Crippen LogP contribution in [0.4, 0.5) is 4.79 Å². The van der Waals surface area contributed by atoms with Crippen LogP contribution < -0.4 is 10.1 Å². The van der Waals surface area contributed by atoms with Crippen molar-refractivity contribution in [3.8, 4) is 5.75 Å². The van der Waals surface area contributed by atoms with Crippen molar-refractivity contribution in [3.05, 3.63) is 29.8 Å². The van der Waals surface area contributed by atoms with Crippen LogP contribution in [0.3, 0.4) is 0 Å². The molecule has 2 atom stereocenters. The minimum absolute atomic E-state index is 0.177. The molecule has 0 spiro atoms. The van der Waals surface area contributed by atoms with Gasteiger partial charge in [0.15, 0.2) is 0 Å². The van der Waals surface area contributed by atoms with Crippen LogP contribution in [0.2, 0.25) is 0 Å². The van der Waals surface area contributed by atoms with Crippen molar-refractivity contribution in [2.24, 2.45) is 0 Å². The van der Waals surface area contributed by atoms with E-state index < -0.39 is 5.60 Å². The van der Waals surface area contributed by atoms with Crippen molar-refractivity contribution in [3.63, 3.8) is 0 Å². The van der Waals surface area contributed by atoms with Crippen molar-refractivity contribution in [2.45, 2.75) is 64.6 Å². The number of ether oxygens (including phenoxy) is 2. The molecular formula is C20H32N2O3. The third-order valence-electron chi connectivity index (χ3n) is 4.51. The van der Waals surface area contributed by atoms with Gasteiger partial charge >= 0.3 is 6.09 Å². The third-order valence-corrected chi connectivity index (χ3v) is 4.51. The number of carbonyl (C=O) groups is 1. The summed E-state index contributed by atoms with van der Waals surface area (Å²) in [4.78, 5) is 14.4. The highest BCUT2D eigenvalue weighted by atomic mass is 16.6. The predicted molar refractivity (Wildman–Crippen MR) is 100.0 cm³/mol. The Bertz CT molecular complexity index is 568. The number of carbonyl (C=O) groups excluding carboxylic acids is 1. The second-order valence-corrected chi connectivity index (χ2v) is 7.73. The molecule has 1 aromatic rings. The molecule has 25 heavy (non-hydrogen) atoms. The molecular weight excluding hydrogens is 316 g/mol. The quantitative estimate of drug-likeness (QED) is 0.869. The highest BCUT2D eigenvalue weighted by molar-refractivity contribution is 5.68. The van der Waals surface area contributed by atoms with Crippen LogP contribution in [-0.2, 0) is 4.74 Å². The Hall–Kier alpha value is -1.75. The summed E-state index contributed by atoms with van der Waals surface area (Å²) in [5, 5.41) is 3.56. The largest absolute Gasteiger partial charge is 0.497 e. The zero-order valence-corrected chi connectivity index (χ0v) is 16.2. The van der Waals surface area contributed by atoms with E-state index in [1.54, 1.807) is 7.11 Å². The molecule has 1 N–H and O–H groups in total. The standard InChI is InChI=1S/C20H32N2O3/c1-15(16-9-8-11-18(13-16)24-5)21-14-17-10-6-7-12-22(17)19(23)25-20(2,3)4/h8-9,11,13,15,17,21H,6-7,10,12,14H2,1-5H3/t15-,17?/m0/s1. The molecule has 0 bridgehead atoms. The van der Waals surface area contributed by atoms with Gasteiger partial charge in [-0.2, -0.15) is 0 Å². The molecule has 5 heteroatoms. The van der Waals surface area contributed by atoms with E-state index >= 15 is 0 Å². The fourth-order valence-electron chi connectivity index (χ4n) is 3.12. The van der Waals surface area contributed by atoms with E-state index in [0.29, 0.717) is 0 Å². The Morgan fingerprint density at radius 1 is 1.36 bits per heavy atom. The zero-order valence-electron chi connectivity index (χ0n) is 16.2. The van der Waals surface area contributed by atoms with E-state index in [0.717, 1.165) is 38.1 Å². The normalized spacial score (nSPS) is 19.4. The van der Waals surface area contributed by atoms with Crippen molar-refractivity contribution in [1.29, 1.82) is 0 Å². The van der Waals surface area contributed by atoms with Gasteiger partial charge in [0.2, 0.25) is 0 Å². The lowest BCUT2D eigenvalue weighted by Crippen LogP contribution is -2.50. The van der Waals surface area contributed by atoms with Gasteiger partial charge in [-0.05, 0) is 64.7 Å². The van der Waals surface area contributed by atoms with Crippen LogP contribution in [-0.4, -0.2) is 42.8 Å². The van der Waals surface area contributed by atoms with Crippen molar-refractivity contribution in [2.75, 3.05) is 20.2 Å². The number of likely N-dealkylation sites (tertiary alicyclic amines) is 1. The van der Waals surface area contributed by atoms with Crippen molar-refractivity contribution in [1.82, 2.24) is 10.2 Å². The molecule has 1 heterocycles. The smallest absolute Gasteiger partial charge is 0.410 e. The molecule has 2 rings (SSSR count). The molecule has 1 aromatic carbocycles. The van der Waals surface area contributed by atoms with Crippen LogP contribution in [0.1, 0.15) is 58.6 Å². The number of benzene rings is 1. The third kappa shape index (κ3) is 5.92. The first kappa shape index (κ1) is 19.6. The minimum Gasteiger partial charge on any atom is -0.497 e. The number of hydrogen-bond donors (Lipinski definition) is 1. The predicted octanol–water partition coefficient (Wildman–Crippen LogP) is 4.14. The average molecular weight is 348 g/mol. The van der Waals surface area contributed by atoms with E-state index in [2.05, 4.69) is 18.3 Å². The van der Waals surface area contributed by atoms with E-state index in [-0.39, 0.29) is 18.2 Å². The summed E-state index contributed by atoms with van der Waals surface area (Å²) in [6, 6.07) is 8.45. The number of nitrogens with zero attached hydrogens (tertiary/aromatic N) is 1. The maximum atomic E-state index is 12.5. The molecule has 1 amide bonds. The molecule has 1 fully saturated rings. The topological polar surface area (TPSA) is 50.8 Å². The first-order valence-electron chi connectivity index (χ1n) is 9.17. The summed E-state index contributed by atoms with van der Waals surface area (Å²) in [6.45, 7) is 9.40. The zero-order chi connectivity index (χ0) is 18.4. The SMILES string of the molecule is COc1cccc([C@H](C)NCC2CCCCN2C(=O)OC(C)(C)C)c1. The summed E-state index contributed by atoms with van der Waals surface area (Å²) >= 11 is 0. The fourth-order valence-corrected chi connectivity index (χ4v) is 3.12. The van der Waals surface area contributed by atoms with Gasteiger partial charge in [0.05, 0.1) is 7.11 Å². The van der Waals surface area contributed by atoms with E-state index in [9.17, 15) is 4.79 Å². The Kier molecular flexibility index (Phi) is 6.71. The maximum Gasteiger partial charge on any atom is 0.410 e. The number of nitrogens with one attached hydrogen (secondary N) is 1. The van der Waals surface area contributed by atoms with Crippen LogP contribution in [0.5, 0.6) is 5.75 Å². The van der Waals surface area contributed by atoms with E-state index in [1.807, 2.05) is 43.9 Å². The number of methoxy groups -OCH3 is 1. The Balaban J connectivity index is 1.95. The van der Waals surface area contributed by atoms with Crippen LogP contribution in [0.25, 0.3) is 0 Å². The molecule has 1 unspecified atom stereocenters. The van der Waals surface area contributed by atoms with Gasteiger partial charge in [0.1, 0.15) is 11.4 Å². The van der Waals surface area contributed by atoms with Crippen LogP contribution >= 0.6 is 0 Å². The van der Waals surface area contributed by atoms with Crippen molar-refractivity contribution < 1.29 is 14.3 Å².